The molecule has 65 valence electrons. The van der Waals surface area contributed by atoms with E-state index in [1.165, 1.54) is 11.3 Å². The Balaban J connectivity index is 0.000000845. The molecule has 1 aromatic heterocycles. The largest absolute Gasteiger partial charge is 0.476 e. The SMILES string of the molecule is CN1Cc2nc(C(=O)O)sc2C1.[Li]. The van der Waals surface area contributed by atoms with Crippen molar-refractivity contribution in [1.29, 1.82) is 0 Å². The molecule has 1 aliphatic rings. The number of aromatic nitrogens is 1. The maximum atomic E-state index is 10.5. The first-order valence-electron chi connectivity index (χ1n) is 3.57. The Labute approximate surface area is 91.8 Å². The van der Waals surface area contributed by atoms with Crippen LogP contribution in [0, 0.1) is 0 Å². The van der Waals surface area contributed by atoms with Crippen molar-refractivity contribution in [3.8, 4) is 0 Å². The zero-order chi connectivity index (χ0) is 8.72. The van der Waals surface area contributed by atoms with Crippen molar-refractivity contribution in [2.24, 2.45) is 0 Å². The van der Waals surface area contributed by atoms with Gasteiger partial charge in [-0.2, -0.15) is 0 Å². The molecule has 2 heterocycles. The number of fused-ring (bicyclic) bond motifs is 1. The molecule has 0 aromatic carbocycles. The van der Waals surface area contributed by atoms with Gasteiger partial charge in [-0.1, -0.05) is 0 Å². The number of aromatic carboxylic acids is 1. The van der Waals surface area contributed by atoms with Gasteiger partial charge in [0.25, 0.3) is 0 Å². The molecule has 6 heteroatoms. The monoisotopic (exact) mass is 191 g/mol. The van der Waals surface area contributed by atoms with Gasteiger partial charge in [0.2, 0.25) is 5.01 Å². The van der Waals surface area contributed by atoms with E-state index in [-0.39, 0.29) is 23.9 Å². The summed E-state index contributed by atoms with van der Waals surface area (Å²) in [6.07, 6.45) is 0. The summed E-state index contributed by atoms with van der Waals surface area (Å²) in [5.74, 6) is -0.919. The van der Waals surface area contributed by atoms with Crippen molar-refractivity contribution in [3.05, 3.63) is 15.6 Å². The molecule has 1 N–H and O–H groups in total. The second-order valence-electron chi connectivity index (χ2n) is 2.87. The number of rotatable bonds is 1. The second-order valence-corrected chi connectivity index (χ2v) is 3.95. The minimum atomic E-state index is -0.919. The molecule has 0 aliphatic carbocycles. The van der Waals surface area contributed by atoms with Gasteiger partial charge in [0.15, 0.2) is 0 Å². The molecule has 1 radical (unpaired) electrons. The summed E-state index contributed by atoms with van der Waals surface area (Å²) >= 11 is 1.28. The summed E-state index contributed by atoms with van der Waals surface area (Å²) in [6.45, 7) is 1.61. The number of thiazole rings is 1. The molecular weight excluding hydrogens is 183 g/mol. The average molecular weight is 191 g/mol. The van der Waals surface area contributed by atoms with E-state index in [0.29, 0.717) is 0 Å². The van der Waals surface area contributed by atoms with Crippen LogP contribution in [0.25, 0.3) is 0 Å². The van der Waals surface area contributed by atoms with Gasteiger partial charge in [0.05, 0.1) is 5.69 Å². The molecule has 0 amide bonds. The smallest absolute Gasteiger partial charge is 0.365 e. The number of carboxylic acid groups (broad SMARTS) is 1. The van der Waals surface area contributed by atoms with Crippen molar-refractivity contribution < 1.29 is 9.90 Å². The van der Waals surface area contributed by atoms with E-state index in [1.807, 2.05) is 7.05 Å². The zero-order valence-electron chi connectivity index (χ0n) is 7.57. The Morgan fingerprint density at radius 3 is 2.85 bits per heavy atom. The Kier molecular flexibility index (Phi) is 3.14. The second kappa shape index (κ2) is 3.80. The Hall–Kier alpha value is -0.343. The van der Waals surface area contributed by atoms with Gasteiger partial charge in [-0.15, -0.1) is 11.3 Å². The quantitative estimate of drug-likeness (QED) is 0.653. The van der Waals surface area contributed by atoms with Crippen LogP contribution in [0.5, 0.6) is 0 Å². The number of hydrogen-bond donors (Lipinski definition) is 1. The summed E-state index contributed by atoms with van der Waals surface area (Å²) < 4.78 is 0. The molecule has 0 saturated carbocycles. The van der Waals surface area contributed by atoms with Crippen LogP contribution in [0.2, 0.25) is 0 Å². The first-order chi connectivity index (χ1) is 5.66. The molecule has 0 unspecified atom stereocenters. The van der Waals surface area contributed by atoms with Gasteiger partial charge in [-0.05, 0) is 7.05 Å². The third kappa shape index (κ3) is 1.94. The van der Waals surface area contributed by atoms with E-state index >= 15 is 0 Å². The number of carbonyl (C=O) groups is 1. The van der Waals surface area contributed by atoms with Crippen molar-refractivity contribution in [1.82, 2.24) is 9.88 Å². The number of nitrogens with zero attached hydrogens (tertiary/aromatic N) is 2. The van der Waals surface area contributed by atoms with E-state index in [0.717, 1.165) is 23.7 Å². The molecule has 0 fully saturated rings. The predicted octanol–water partition coefficient (Wildman–Crippen LogP) is 0.406. The number of hydrogen-bond acceptors (Lipinski definition) is 4. The van der Waals surface area contributed by atoms with E-state index in [1.54, 1.807) is 0 Å². The van der Waals surface area contributed by atoms with E-state index in [4.69, 9.17) is 5.11 Å². The van der Waals surface area contributed by atoms with Crippen molar-refractivity contribution in [2.45, 2.75) is 13.1 Å². The molecule has 0 bridgehead atoms. The molecule has 1 aromatic rings. The van der Waals surface area contributed by atoms with Crippen LogP contribution >= 0.6 is 11.3 Å². The molecule has 1 aliphatic heterocycles. The Bertz CT molecular complexity index is 316. The number of carboxylic acids is 1. The first-order valence-corrected chi connectivity index (χ1v) is 4.39. The van der Waals surface area contributed by atoms with Crippen LogP contribution in [-0.4, -0.2) is 46.9 Å². The van der Waals surface area contributed by atoms with Crippen LogP contribution in [0.4, 0.5) is 0 Å². The minimum absolute atomic E-state index is 0. The minimum Gasteiger partial charge on any atom is -0.476 e. The molecule has 13 heavy (non-hydrogen) atoms. The summed E-state index contributed by atoms with van der Waals surface area (Å²) in [5.41, 5.74) is 0.930. The fourth-order valence-corrected chi connectivity index (χ4v) is 2.27. The average Bonchev–Trinajstić information content (AvgIpc) is 2.42. The molecule has 0 saturated heterocycles. The standard InChI is InChI=1S/C7H8N2O2S.Li/c1-9-2-4-5(3-9)12-6(8-4)7(10)11;/h2-3H2,1H3,(H,10,11);. The molecule has 4 nitrogen and oxygen atoms in total. The Morgan fingerprint density at radius 1 is 1.62 bits per heavy atom. The van der Waals surface area contributed by atoms with Gasteiger partial charge in [-0.25, -0.2) is 9.78 Å². The third-order valence-electron chi connectivity index (χ3n) is 1.79. The van der Waals surface area contributed by atoms with Crippen LogP contribution in [-0.2, 0) is 13.1 Å². The van der Waals surface area contributed by atoms with Crippen molar-refractivity contribution in [3.63, 3.8) is 0 Å². The van der Waals surface area contributed by atoms with Gasteiger partial charge in [-0.3, -0.25) is 4.90 Å². The molecular formula is C7H8LiN2O2S. The summed E-state index contributed by atoms with van der Waals surface area (Å²) in [4.78, 5) is 17.7. The summed E-state index contributed by atoms with van der Waals surface area (Å²) in [6, 6.07) is 0. The van der Waals surface area contributed by atoms with Gasteiger partial charge in [0, 0.05) is 36.8 Å². The fraction of sp³-hybridized carbons (Fsp3) is 0.429. The molecule has 2 rings (SSSR count). The third-order valence-corrected chi connectivity index (χ3v) is 2.86. The van der Waals surface area contributed by atoms with Crippen LogP contribution in [0.1, 0.15) is 20.4 Å². The van der Waals surface area contributed by atoms with Crippen LogP contribution in [0.15, 0.2) is 0 Å². The zero-order valence-corrected chi connectivity index (χ0v) is 8.39. The summed E-state index contributed by atoms with van der Waals surface area (Å²) in [7, 11) is 1.99. The van der Waals surface area contributed by atoms with Gasteiger partial charge < -0.3 is 5.11 Å². The van der Waals surface area contributed by atoms with Gasteiger partial charge in [0.1, 0.15) is 0 Å². The maximum Gasteiger partial charge on any atom is 0.365 e. The summed E-state index contributed by atoms with van der Waals surface area (Å²) in [5, 5.41) is 8.86. The van der Waals surface area contributed by atoms with E-state index < -0.39 is 5.97 Å². The van der Waals surface area contributed by atoms with E-state index in [2.05, 4.69) is 9.88 Å². The Morgan fingerprint density at radius 2 is 2.31 bits per heavy atom. The van der Waals surface area contributed by atoms with Crippen molar-refractivity contribution >= 4 is 36.2 Å². The molecule has 0 atom stereocenters. The first kappa shape index (κ1) is 10.7. The van der Waals surface area contributed by atoms with Crippen molar-refractivity contribution in [2.75, 3.05) is 7.05 Å². The fourth-order valence-electron chi connectivity index (χ4n) is 1.28. The topological polar surface area (TPSA) is 53.4 Å². The maximum absolute atomic E-state index is 10.5. The normalized spacial score (nSPS) is 15.2. The van der Waals surface area contributed by atoms with Crippen LogP contribution < -0.4 is 0 Å². The van der Waals surface area contributed by atoms with E-state index in [9.17, 15) is 4.79 Å². The van der Waals surface area contributed by atoms with Crippen LogP contribution in [0.3, 0.4) is 0 Å². The predicted molar refractivity (Wildman–Crippen MR) is 50.0 cm³/mol. The van der Waals surface area contributed by atoms with Gasteiger partial charge >= 0.3 is 5.97 Å². The molecule has 0 spiro atoms.